The minimum absolute atomic E-state index is 0.233. The first kappa shape index (κ1) is 15.1. The van der Waals surface area contributed by atoms with Gasteiger partial charge in [-0.25, -0.2) is 9.78 Å². The first-order chi connectivity index (χ1) is 10.1. The van der Waals surface area contributed by atoms with Gasteiger partial charge in [-0.1, -0.05) is 0 Å². The van der Waals surface area contributed by atoms with E-state index in [2.05, 4.69) is 31.0 Å². The molecule has 2 aromatic rings. The standard InChI is InChI=1S/C14H14BrN3O3/c1-20-11-4-3-8(7-10(11)15)18-13-12(16)9(5-6-17-13)14(19)21-2/h3-7H,16H2,1-2H3,(H,17,18). The zero-order chi connectivity index (χ0) is 15.4. The molecular formula is C14H14BrN3O3. The number of nitrogen functional groups attached to an aromatic ring is 1. The first-order valence-corrected chi connectivity index (χ1v) is 6.79. The molecule has 0 aliphatic heterocycles. The highest BCUT2D eigenvalue weighted by molar-refractivity contribution is 9.10. The molecule has 0 unspecified atom stereocenters. The topological polar surface area (TPSA) is 86.5 Å². The maximum Gasteiger partial charge on any atom is 0.340 e. The summed E-state index contributed by atoms with van der Waals surface area (Å²) in [6.45, 7) is 0. The molecule has 2 rings (SSSR count). The van der Waals surface area contributed by atoms with Gasteiger partial charge in [0.15, 0.2) is 5.82 Å². The number of halogens is 1. The summed E-state index contributed by atoms with van der Waals surface area (Å²) in [6.07, 6.45) is 1.49. The number of methoxy groups -OCH3 is 2. The SMILES string of the molecule is COC(=O)c1ccnc(Nc2ccc(OC)c(Br)c2)c1N. The second-order valence-corrected chi connectivity index (χ2v) is 4.94. The van der Waals surface area contributed by atoms with Crippen LogP contribution in [0.15, 0.2) is 34.9 Å². The lowest BCUT2D eigenvalue weighted by atomic mass is 10.2. The van der Waals surface area contributed by atoms with Crippen LogP contribution in [0.5, 0.6) is 5.75 Å². The van der Waals surface area contributed by atoms with E-state index in [1.165, 1.54) is 19.4 Å². The van der Waals surface area contributed by atoms with Crippen molar-refractivity contribution in [1.29, 1.82) is 0 Å². The number of rotatable bonds is 4. The summed E-state index contributed by atoms with van der Waals surface area (Å²) in [7, 11) is 2.89. The van der Waals surface area contributed by atoms with Crippen LogP contribution in [-0.4, -0.2) is 25.2 Å². The zero-order valence-corrected chi connectivity index (χ0v) is 13.1. The highest BCUT2D eigenvalue weighted by atomic mass is 79.9. The molecule has 0 aliphatic carbocycles. The van der Waals surface area contributed by atoms with Crippen molar-refractivity contribution in [1.82, 2.24) is 4.98 Å². The van der Waals surface area contributed by atoms with Crippen LogP contribution in [0.25, 0.3) is 0 Å². The zero-order valence-electron chi connectivity index (χ0n) is 11.5. The molecule has 21 heavy (non-hydrogen) atoms. The Kier molecular flexibility index (Phi) is 4.64. The van der Waals surface area contributed by atoms with Gasteiger partial charge in [0.2, 0.25) is 0 Å². The van der Waals surface area contributed by atoms with Crippen LogP contribution in [0.2, 0.25) is 0 Å². The number of nitrogens with zero attached hydrogens (tertiary/aromatic N) is 1. The van der Waals surface area contributed by atoms with E-state index in [0.717, 1.165) is 10.2 Å². The largest absolute Gasteiger partial charge is 0.496 e. The van der Waals surface area contributed by atoms with Crippen LogP contribution in [0.1, 0.15) is 10.4 Å². The van der Waals surface area contributed by atoms with E-state index in [1.54, 1.807) is 13.2 Å². The molecule has 0 spiro atoms. The second-order valence-electron chi connectivity index (χ2n) is 4.09. The fraction of sp³-hybridized carbons (Fsp3) is 0.143. The molecular weight excluding hydrogens is 338 g/mol. The van der Waals surface area contributed by atoms with E-state index in [0.29, 0.717) is 11.6 Å². The Hall–Kier alpha value is -2.28. The monoisotopic (exact) mass is 351 g/mol. The van der Waals surface area contributed by atoms with E-state index in [9.17, 15) is 4.79 Å². The molecule has 0 saturated heterocycles. The van der Waals surface area contributed by atoms with Crippen LogP contribution in [0.3, 0.4) is 0 Å². The van der Waals surface area contributed by atoms with Gasteiger partial charge in [0.1, 0.15) is 5.75 Å². The number of carbonyl (C=O) groups excluding carboxylic acids is 1. The smallest absolute Gasteiger partial charge is 0.340 e. The van der Waals surface area contributed by atoms with Gasteiger partial charge in [0.25, 0.3) is 0 Å². The Morgan fingerprint density at radius 2 is 2.10 bits per heavy atom. The minimum atomic E-state index is -0.506. The fourth-order valence-electron chi connectivity index (χ4n) is 1.74. The van der Waals surface area contributed by atoms with Gasteiger partial charge in [-0.3, -0.25) is 0 Å². The van der Waals surface area contributed by atoms with Crippen LogP contribution in [0, 0.1) is 0 Å². The van der Waals surface area contributed by atoms with Crippen LogP contribution >= 0.6 is 15.9 Å². The molecule has 1 aromatic carbocycles. The number of ether oxygens (including phenoxy) is 2. The van der Waals surface area contributed by atoms with Gasteiger partial charge in [0, 0.05) is 11.9 Å². The Morgan fingerprint density at radius 3 is 2.71 bits per heavy atom. The van der Waals surface area contributed by atoms with Gasteiger partial charge in [-0.15, -0.1) is 0 Å². The van der Waals surface area contributed by atoms with Crippen molar-refractivity contribution in [2.24, 2.45) is 0 Å². The molecule has 0 radical (unpaired) electrons. The van der Waals surface area contributed by atoms with Crippen LogP contribution < -0.4 is 15.8 Å². The van der Waals surface area contributed by atoms with E-state index in [1.807, 2.05) is 12.1 Å². The minimum Gasteiger partial charge on any atom is -0.496 e. The van der Waals surface area contributed by atoms with Crippen molar-refractivity contribution in [2.75, 3.05) is 25.3 Å². The number of hydrogen-bond acceptors (Lipinski definition) is 6. The summed E-state index contributed by atoms with van der Waals surface area (Å²) in [6, 6.07) is 6.95. The quantitative estimate of drug-likeness (QED) is 0.823. The predicted octanol–water partition coefficient (Wildman–Crippen LogP) is 2.97. The number of esters is 1. The Bertz CT molecular complexity index is 677. The van der Waals surface area contributed by atoms with E-state index >= 15 is 0 Å². The lowest BCUT2D eigenvalue weighted by Gasteiger charge is -2.12. The lowest BCUT2D eigenvalue weighted by molar-refractivity contribution is 0.0602. The van der Waals surface area contributed by atoms with Crippen molar-refractivity contribution in [2.45, 2.75) is 0 Å². The summed E-state index contributed by atoms with van der Waals surface area (Å²) in [5, 5.41) is 3.05. The number of hydrogen-bond donors (Lipinski definition) is 2. The number of anilines is 3. The highest BCUT2D eigenvalue weighted by Crippen LogP contribution is 2.30. The third-order valence-corrected chi connectivity index (χ3v) is 3.43. The van der Waals surface area contributed by atoms with Crippen molar-refractivity contribution in [3.63, 3.8) is 0 Å². The Morgan fingerprint density at radius 1 is 1.33 bits per heavy atom. The average molecular weight is 352 g/mol. The predicted molar refractivity (Wildman–Crippen MR) is 84.0 cm³/mol. The number of nitrogens with two attached hydrogens (primary N) is 1. The molecule has 0 aliphatic rings. The number of carbonyl (C=O) groups is 1. The highest BCUT2D eigenvalue weighted by Gasteiger charge is 2.14. The third-order valence-electron chi connectivity index (χ3n) is 2.81. The molecule has 1 heterocycles. The number of benzene rings is 1. The number of aromatic nitrogens is 1. The molecule has 0 saturated carbocycles. The van der Waals surface area contributed by atoms with Crippen LogP contribution in [-0.2, 0) is 4.74 Å². The van der Waals surface area contributed by atoms with Gasteiger partial charge in [-0.2, -0.15) is 0 Å². The molecule has 110 valence electrons. The summed E-state index contributed by atoms with van der Waals surface area (Å²) in [4.78, 5) is 15.7. The van der Waals surface area contributed by atoms with Crippen molar-refractivity contribution < 1.29 is 14.3 Å². The number of pyridine rings is 1. The van der Waals surface area contributed by atoms with Gasteiger partial charge in [-0.05, 0) is 40.2 Å². The van der Waals surface area contributed by atoms with Gasteiger partial charge >= 0.3 is 5.97 Å². The molecule has 0 bridgehead atoms. The Balaban J connectivity index is 2.32. The molecule has 0 atom stereocenters. The number of nitrogens with one attached hydrogen (secondary N) is 1. The van der Waals surface area contributed by atoms with Gasteiger partial charge in [0.05, 0.1) is 29.9 Å². The van der Waals surface area contributed by atoms with Crippen LogP contribution in [0.4, 0.5) is 17.2 Å². The fourth-order valence-corrected chi connectivity index (χ4v) is 2.28. The third kappa shape index (κ3) is 3.25. The summed E-state index contributed by atoms with van der Waals surface area (Å²) >= 11 is 3.40. The second kappa shape index (κ2) is 6.45. The lowest BCUT2D eigenvalue weighted by Crippen LogP contribution is -2.09. The first-order valence-electron chi connectivity index (χ1n) is 6.00. The summed E-state index contributed by atoms with van der Waals surface area (Å²) in [5.74, 6) is 0.591. The molecule has 0 fully saturated rings. The van der Waals surface area contributed by atoms with Crippen molar-refractivity contribution >= 4 is 39.1 Å². The molecule has 1 aromatic heterocycles. The average Bonchev–Trinajstić information content (AvgIpc) is 2.49. The van der Waals surface area contributed by atoms with Gasteiger partial charge < -0.3 is 20.5 Å². The maximum atomic E-state index is 11.6. The van der Waals surface area contributed by atoms with E-state index in [4.69, 9.17) is 10.5 Å². The summed E-state index contributed by atoms with van der Waals surface area (Å²) in [5.41, 5.74) is 7.19. The molecule has 3 N–H and O–H groups in total. The van der Waals surface area contributed by atoms with Crippen molar-refractivity contribution in [3.05, 3.63) is 40.5 Å². The van der Waals surface area contributed by atoms with E-state index < -0.39 is 5.97 Å². The maximum absolute atomic E-state index is 11.6. The Labute approximate surface area is 130 Å². The molecule has 0 amide bonds. The normalized spacial score (nSPS) is 10.0. The van der Waals surface area contributed by atoms with Crippen molar-refractivity contribution in [3.8, 4) is 5.75 Å². The molecule has 7 heteroatoms. The van der Waals surface area contributed by atoms with E-state index in [-0.39, 0.29) is 11.3 Å². The molecule has 6 nitrogen and oxygen atoms in total. The summed E-state index contributed by atoms with van der Waals surface area (Å²) < 4.78 is 10.6.